The largest absolute Gasteiger partial charge is 0.381 e. The quantitative estimate of drug-likeness (QED) is 0.573. The van der Waals surface area contributed by atoms with Crippen molar-refractivity contribution < 1.29 is 19.0 Å². The maximum Gasteiger partial charge on any atom is 0.226 e. The summed E-state index contributed by atoms with van der Waals surface area (Å²) in [5, 5.41) is 6.65. The molecule has 178 valence electrons. The molecular weight excluding hydrogens is 488 g/mol. The lowest BCUT2D eigenvalue weighted by Gasteiger charge is -2.25. The van der Waals surface area contributed by atoms with Crippen molar-refractivity contribution in [3.63, 3.8) is 0 Å². The molecule has 2 aromatic rings. The standard InChI is InChI=1S/C24H31BrN4O4/c1-14-18(5-4-6-19(14)25)15(2)26-23-22(24-32-11-12-33-24)20(27-16(3)28-23)13-21(30)29-17-7-9-31-10-8-17/h4-6,15,17,24H,7-13H2,1-3H3,(H,29,30)(H,26,27,28)/t15-/m1/s1. The zero-order chi connectivity index (χ0) is 23.4. The van der Waals surface area contributed by atoms with Crippen LogP contribution in [0.5, 0.6) is 0 Å². The zero-order valence-electron chi connectivity index (χ0n) is 19.3. The highest BCUT2D eigenvalue weighted by molar-refractivity contribution is 9.10. The number of aryl methyl sites for hydroxylation is 1. The normalized spacial score (nSPS) is 18.3. The Morgan fingerprint density at radius 2 is 1.88 bits per heavy atom. The van der Waals surface area contributed by atoms with Crippen LogP contribution in [0.2, 0.25) is 0 Å². The molecule has 0 bridgehead atoms. The van der Waals surface area contributed by atoms with Crippen molar-refractivity contribution in [3.8, 4) is 0 Å². The Hall–Kier alpha value is -2.07. The fourth-order valence-electron chi connectivity index (χ4n) is 4.31. The van der Waals surface area contributed by atoms with Crippen LogP contribution in [0.15, 0.2) is 22.7 Å². The van der Waals surface area contributed by atoms with Crippen molar-refractivity contribution in [1.82, 2.24) is 15.3 Å². The summed E-state index contributed by atoms with van der Waals surface area (Å²) < 4.78 is 18.1. The lowest BCUT2D eigenvalue weighted by Crippen LogP contribution is -2.40. The molecule has 1 aromatic carbocycles. The van der Waals surface area contributed by atoms with E-state index in [1.807, 2.05) is 19.1 Å². The van der Waals surface area contributed by atoms with E-state index in [-0.39, 0.29) is 24.4 Å². The Labute approximate surface area is 202 Å². The molecule has 33 heavy (non-hydrogen) atoms. The molecule has 3 heterocycles. The van der Waals surface area contributed by atoms with Gasteiger partial charge in [-0.25, -0.2) is 9.97 Å². The van der Waals surface area contributed by atoms with Gasteiger partial charge in [-0.1, -0.05) is 28.1 Å². The Morgan fingerprint density at radius 1 is 1.15 bits per heavy atom. The Kier molecular flexibility index (Phi) is 7.95. The first-order valence-electron chi connectivity index (χ1n) is 11.4. The number of halogens is 1. The fraction of sp³-hybridized carbons (Fsp3) is 0.542. The van der Waals surface area contributed by atoms with Crippen LogP contribution < -0.4 is 10.6 Å². The first-order valence-corrected chi connectivity index (χ1v) is 12.2. The molecule has 0 saturated carbocycles. The van der Waals surface area contributed by atoms with Gasteiger partial charge < -0.3 is 24.8 Å². The molecule has 4 rings (SSSR count). The molecule has 1 atom stereocenters. The van der Waals surface area contributed by atoms with E-state index in [0.717, 1.165) is 28.4 Å². The molecule has 8 nitrogen and oxygen atoms in total. The van der Waals surface area contributed by atoms with Gasteiger partial charge >= 0.3 is 0 Å². The number of amides is 1. The summed E-state index contributed by atoms with van der Waals surface area (Å²) in [6.07, 6.45) is 1.19. The number of nitrogens with one attached hydrogen (secondary N) is 2. The summed E-state index contributed by atoms with van der Waals surface area (Å²) in [5.41, 5.74) is 3.63. The van der Waals surface area contributed by atoms with Crippen LogP contribution in [0.3, 0.4) is 0 Å². The van der Waals surface area contributed by atoms with Gasteiger partial charge in [-0.2, -0.15) is 0 Å². The highest BCUT2D eigenvalue weighted by atomic mass is 79.9. The number of rotatable bonds is 7. The minimum Gasteiger partial charge on any atom is -0.381 e. The third kappa shape index (κ3) is 5.90. The van der Waals surface area contributed by atoms with Gasteiger partial charge in [-0.15, -0.1) is 0 Å². The van der Waals surface area contributed by atoms with Crippen molar-refractivity contribution in [2.75, 3.05) is 31.7 Å². The lowest BCUT2D eigenvalue weighted by molar-refractivity contribution is -0.121. The molecule has 1 amide bonds. The number of anilines is 1. The molecule has 0 unspecified atom stereocenters. The zero-order valence-corrected chi connectivity index (χ0v) is 20.9. The van der Waals surface area contributed by atoms with Crippen LogP contribution in [-0.2, 0) is 25.4 Å². The molecule has 2 fully saturated rings. The van der Waals surface area contributed by atoms with Gasteiger partial charge in [0.2, 0.25) is 5.91 Å². The second kappa shape index (κ2) is 10.9. The second-order valence-electron chi connectivity index (χ2n) is 8.50. The summed E-state index contributed by atoms with van der Waals surface area (Å²) in [4.78, 5) is 22.2. The maximum absolute atomic E-state index is 12.9. The van der Waals surface area contributed by atoms with Gasteiger partial charge in [0, 0.05) is 23.7 Å². The van der Waals surface area contributed by atoms with E-state index in [2.05, 4.69) is 56.4 Å². The van der Waals surface area contributed by atoms with E-state index in [9.17, 15) is 4.79 Å². The van der Waals surface area contributed by atoms with E-state index < -0.39 is 6.29 Å². The van der Waals surface area contributed by atoms with E-state index in [1.54, 1.807) is 0 Å². The van der Waals surface area contributed by atoms with Gasteiger partial charge in [0.1, 0.15) is 11.6 Å². The fourth-order valence-corrected chi connectivity index (χ4v) is 4.69. The molecule has 9 heteroatoms. The average Bonchev–Trinajstić information content (AvgIpc) is 3.30. The van der Waals surface area contributed by atoms with E-state index in [4.69, 9.17) is 14.2 Å². The van der Waals surface area contributed by atoms with E-state index >= 15 is 0 Å². The van der Waals surface area contributed by atoms with Crippen molar-refractivity contribution in [1.29, 1.82) is 0 Å². The monoisotopic (exact) mass is 518 g/mol. The van der Waals surface area contributed by atoms with Crippen LogP contribution in [0.4, 0.5) is 5.82 Å². The van der Waals surface area contributed by atoms with Gasteiger partial charge in [0.25, 0.3) is 0 Å². The Morgan fingerprint density at radius 3 is 2.61 bits per heavy atom. The summed E-state index contributed by atoms with van der Waals surface area (Å²) >= 11 is 3.61. The highest BCUT2D eigenvalue weighted by Crippen LogP contribution is 2.34. The SMILES string of the molecule is Cc1nc(CC(=O)NC2CCOCC2)c(C2OCCO2)c(N[C@H](C)c2cccc(Br)c2C)n1. The summed E-state index contributed by atoms with van der Waals surface area (Å²) in [5.74, 6) is 1.16. The number of carbonyl (C=O) groups excluding carboxylic acids is 1. The molecular formula is C24H31BrN4O4. The van der Waals surface area contributed by atoms with Gasteiger partial charge in [-0.3, -0.25) is 4.79 Å². The third-order valence-electron chi connectivity index (χ3n) is 6.04. The molecule has 2 aliphatic heterocycles. The number of hydrogen-bond acceptors (Lipinski definition) is 7. The first-order chi connectivity index (χ1) is 15.9. The van der Waals surface area contributed by atoms with Gasteiger partial charge in [0.05, 0.1) is 36.9 Å². The molecule has 0 spiro atoms. The van der Waals surface area contributed by atoms with Crippen LogP contribution >= 0.6 is 15.9 Å². The first kappa shape index (κ1) is 24.1. The molecule has 0 radical (unpaired) electrons. The van der Waals surface area contributed by atoms with E-state index in [1.165, 1.54) is 0 Å². The van der Waals surface area contributed by atoms with Crippen LogP contribution in [0, 0.1) is 13.8 Å². The number of ether oxygens (including phenoxy) is 3. The van der Waals surface area contributed by atoms with Gasteiger partial charge in [-0.05, 0) is 50.8 Å². The molecule has 2 aliphatic rings. The number of carbonyl (C=O) groups is 1. The van der Waals surface area contributed by atoms with Crippen molar-refractivity contribution in [2.24, 2.45) is 0 Å². The predicted octanol–water partition coefficient (Wildman–Crippen LogP) is 3.91. The van der Waals surface area contributed by atoms with E-state index in [0.29, 0.717) is 49.3 Å². The minimum absolute atomic E-state index is 0.0270. The number of nitrogens with zero attached hydrogens (tertiary/aromatic N) is 2. The number of aromatic nitrogens is 2. The Balaban J connectivity index is 1.61. The maximum atomic E-state index is 12.9. The summed E-state index contributed by atoms with van der Waals surface area (Å²) in [7, 11) is 0. The second-order valence-corrected chi connectivity index (χ2v) is 9.36. The third-order valence-corrected chi connectivity index (χ3v) is 6.90. The molecule has 1 aromatic heterocycles. The lowest BCUT2D eigenvalue weighted by atomic mass is 10.0. The molecule has 2 N–H and O–H groups in total. The highest BCUT2D eigenvalue weighted by Gasteiger charge is 2.29. The molecule has 0 aliphatic carbocycles. The summed E-state index contributed by atoms with van der Waals surface area (Å²) in [6, 6.07) is 6.25. The van der Waals surface area contributed by atoms with Gasteiger partial charge in [0.15, 0.2) is 6.29 Å². The molecule has 2 saturated heterocycles. The topological polar surface area (TPSA) is 94.6 Å². The predicted molar refractivity (Wildman–Crippen MR) is 128 cm³/mol. The van der Waals surface area contributed by atoms with Crippen LogP contribution in [0.25, 0.3) is 0 Å². The Bertz CT molecular complexity index is 991. The number of benzene rings is 1. The van der Waals surface area contributed by atoms with Crippen molar-refractivity contribution in [3.05, 3.63) is 50.9 Å². The van der Waals surface area contributed by atoms with Crippen molar-refractivity contribution >= 4 is 27.7 Å². The van der Waals surface area contributed by atoms with Crippen LogP contribution in [0.1, 0.15) is 60.3 Å². The summed E-state index contributed by atoms with van der Waals surface area (Å²) in [6.45, 7) is 8.34. The van der Waals surface area contributed by atoms with Crippen LogP contribution in [-0.4, -0.2) is 48.3 Å². The average molecular weight is 519 g/mol. The number of hydrogen-bond donors (Lipinski definition) is 2. The smallest absolute Gasteiger partial charge is 0.226 e. The van der Waals surface area contributed by atoms with Crippen molar-refractivity contribution in [2.45, 2.75) is 58.4 Å². The minimum atomic E-state index is -0.602.